The van der Waals surface area contributed by atoms with Gasteiger partial charge in [0.05, 0.1) is 0 Å². The van der Waals surface area contributed by atoms with Gasteiger partial charge in [-0.25, -0.2) is 0 Å². The predicted molar refractivity (Wildman–Crippen MR) is 107 cm³/mol. The molecule has 0 radical (unpaired) electrons. The van der Waals surface area contributed by atoms with E-state index in [1.54, 1.807) is 0 Å². The van der Waals surface area contributed by atoms with Crippen LogP contribution in [0.25, 0.3) is 0 Å². The zero-order valence-electron chi connectivity index (χ0n) is 16.8. The maximum atomic E-state index is 13.0. The molecular weight excluding hydrogens is 464 g/mol. The zero-order valence-corrected chi connectivity index (χ0v) is 16.8. The number of carbonyl (C=O) groups excluding carboxylic acids is 3. The van der Waals surface area contributed by atoms with Gasteiger partial charge in [-0.2, -0.15) is 0 Å². The number of rotatable bonds is 9. The molecule has 0 aliphatic carbocycles. The van der Waals surface area contributed by atoms with E-state index in [0.29, 0.717) is 24.3 Å². The van der Waals surface area contributed by atoms with Crippen LogP contribution in [0.5, 0.6) is 34.5 Å². The van der Waals surface area contributed by atoms with E-state index in [1.807, 2.05) is 0 Å². The van der Waals surface area contributed by atoms with Gasteiger partial charge in [-0.1, -0.05) is 0 Å². The highest BCUT2D eigenvalue weighted by Crippen LogP contribution is 2.38. The van der Waals surface area contributed by atoms with Gasteiger partial charge < -0.3 is 61.0 Å². The van der Waals surface area contributed by atoms with Crippen molar-refractivity contribution in [2.75, 3.05) is 0 Å². The maximum absolute atomic E-state index is 13.0. The number of hydrogen-bond donors (Lipinski definition) is 11. The van der Waals surface area contributed by atoms with Gasteiger partial charge in [0.1, 0.15) is 24.4 Å². The molecular formula is C20H20O14. The fourth-order valence-corrected chi connectivity index (χ4v) is 3.05. The van der Waals surface area contributed by atoms with E-state index in [0.717, 1.165) is 0 Å². The van der Waals surface area contributed by atoms with Crippen LogP contribution < -0.4 is 0 Å². The molecule has 0 bridgehead atoms. The predicted octanol–water partition coefficient (Wildman–Crippen LogP) is -2.64. The summed E-state index contributed by atoms with van der Waals surface area (Å²) in [4.78, 5) is 36.4. The number of phenolic OH excluding ortho intramolecular Hbond substituents is 6. The third-order valence-corrected chi connectivity index (χ3v) is 4.98. The van der Waals surface area contributed by atoms with Crippen LogP contribution in [0.3, 0.4) is 0 Å². The Morgan fingerprint density at radius 3 is 1.47 bits per heavy atom. The van der Waals surface area contributed by atoms with Crippen molar-refractivity contribution < 1.29 is 70.6 Å². The number of benzene rings is 2. The largest absolute Gasteiger partial charge is 0.504 e. The Labute approximate surface area is 189 Å². The van der Waals surface area contributed by atoms with Crippen LogP contribution in [-0.4, -0.2) is 104 Å². The molecule has 2 aromatic carbocycles. The first kappa shape index (κ1) is 26.3. The smallest absolute Gasteiger partial charge is 0.200 e. The number of hydrogen-bond acceptors (Lipinski definition) is 14. The Kier molecular flexibility index (Phi) is 7.35. The van der Waals surface area contributed by atoms with Crippen LogP contribution in [0, 0.1) is 0 Å². The van der Waals surface area contributed by atoms with Gasteiger partial charge in [0.15, 0.2) is 58.0 Å². The number of aromatic hydroxyl groups is 6. The molecule has 184 valence electrons. The topological polar surface area (TPSA) is 274 Å². The van der Waals surface area contributed by atoms with Crippen LogP contribution in [0.15, 0.2) is 24.3 Å². The molecule has 0 saturated heterocycles. The van der Waals surface area contributed by atoms with Crippen LogP contribution in [0.1, 0.15) is 20.7 Å². The number of aldehydes is 1. The second-order valence-corrected chi connectivity index (χ2v) is 7.21. The van der Waals surface area contributed by atoms with E-state index in [4.69, 9.17) is 0 Å². The minimum Gasteiger partial charge on any atom is -0.504 e. The van der Waals surface area contributed by atoms with Gasteiger partial charge >= 0.3 is 0 Å². The van der Waals surface area contributed by atoms with Crippen molar-refractivity contribution in [2.24, 2.45) is 0 Å². The molecule has 0 spiro atoms. The molecule has 2 aromatic rings. The SMILES string of the molecule is O=C[C@H](O)[C@@H](O)[C@@](O)(C(=O)c1cc(O)c(O)c(O)c1)[C@H](O)C(O)C(=O)c1cc(O)c(O)c(O)c1. The summed E-state index contributed by atoms with van der Waals surface area (Å²) in [7, 11) is 0. The highest BCUT2D eigenvalue weighted by molar-refractivity contribution is 6.06. The van der Waals surface area contributed by atoms with Crippen LogP contribution in [-0.2, 0) is 4.79 Å². The van der Waals surface area contributed by atoms with E-state index in [9.17, 15) is 70.6 Å². The molecule has 14 nitrogen and oxygen atoms in total. The Morgan fingerprint density at radius 1 is 0.706 bits per heavy atom. The Balaban J connectivity index is 2.60. The van der Waals surface area contributed by atoms with E-state index in [1.165, 1.54) is 0 Å². The summed E-state index contributed by atoms with van der Waals surface area (Å²) in [5.41, 5.74) is -5.42. The molecule has 0 fully saturated rings. The molecule has 0 aliphatic rings. The number of phenols is 6. The Hall–Kier alpha value is -3.95. The first-order chi connectivity index (χ1) is 15.7. The quantitative estimate of drug-likeness (QED) is 0.0986. The maximum Gasteiger partial charge on any atom is 0.200 e. The average Bonchev–Trinajstić information content (AvgIpc) is 2.81. The molecule has 1 unspecified atom stereocenters. The molecule has 2 rings (SSSR count). The monoisotopic (exact) mass is 484 g/mol. The summed E-state index contributed by atoms with van der Waals surface area (Å²) >= 11 is 0. The Morgan fingerprint density at radius 2 is 1.09 bits per heavy atom. The lowest BCUT2D eigenvalue weighted by molar-refractivity contribution is -0.169. The standard InChI is InChI=1S/C20H20O14/c21-5-12(26)18(32)20(34,17(31)7-3-10(24)15(29)11(25)4-7)19(33)16(30)13(27)6-1-8(22)14(28)9(23)2-6/h1-5,12,16,18-19,22-26,28-30,32-34H/t12-,16?,18+,19+,20-/m0/s1. The van der Waals surface area contributed by atoms with Crippen LogP contribution in [0.2, 0.25) is 0 Å². The van der Waals surface area contributed by atoms with Gasteiger partial charge in [-0.3, -0.25) is 9.59 Å². The second kappa shape index (κ2) is 9.50. The van der Waals surface area contributed by atoms with Crippen LogP contribution in [0.4, 0.5) is 0 Å². The normalized spacial score (nSPS) is 16.6. The van der Waals surface area contributed by atoms with Gasteiger partial charge in [0.25, 0.3) is 0 Å². The highest BCUT2D eigenvalue weighted by Gasteiger charge is 2.56. The van der Waals surface area contributed by atoms with Gasteiger partial charge in [-0.05, 0) is 24.3 Å². The van der Waals surface area contributed by atoms with E-state index in [-0.39, 0.29) is 6.29 Å². The number of aliphatic hydroxyl groups is 5. The van der Waals surface area contributed by atoms with Crippen molar-refractivity contribution in [3.05, 3.63) is 35.4 Å². The average molecular weight is 484 g/mol. The lowest BCUT2D eigenvalue weighted by Gasteiger charge is -2.38. The van der Waals surface area contributed by atoms with Gasteiger partial charge in [-0.15, -0.1) is 0 Å². The molecule has 0 amide bonds. The minimum atomic E-state index is -3.76. The summed E-state index contributed by atoms with van der Waals surface area (Å²) in [6.07, 6.45) is -11.7. The lowest BCUT2D eigenvalue weighted by atomic mass is 9.77. The first-order valence-electron chi connectivity index (χ1n) is 9.17. The third kappa shape index (κ3) is 4.43. The molecule has 34 heavy (non-hydrogen) atoms. The zero-order chi connectivity index (χ0) is 26.1. The van der Waals surface area contributed by atoms with E-state index in [2.05, 4.69) is 0 Å². The van der Waals surface area contributed by atoms with Crippen molar-refractivity contribution in [2.45, 2.75) is 30.0 Å². The second-order valence-electron chi connectivity index (χ2n) is 7.21. The lowest BCUT2D eigenvalue weighted by Crippen LogP contribution is -2.66. The minimum absolute atomic E-state index is 0.356. The summed E-state index contributed by atoms with van der Waals surface area (Å²) in [5, 5.41) is 109. The molecule has 0 heterocycles. The van der Waals surface area contributed by atoms with Crippen LogP contribution >= 0.6 is 0 Å². The number of aliphatic hydroxyl groups excluding tert-OH is 4. The highest BCUT2D eigenvalue weighted by atomic mass is 16.4. The van der Waals surface area contributed by atoms with Gasteiger partial charge in [0.2, 0.25) is 0 Å². The molecule has 11 N–H and O–H groups in total. The first-order valence-corrected chi connectivity index (χ1v) is 9.17. The number of ketones is 2. The summed E-state index contributed by atoms with van der Waals surface area (Å²) < 4.78 is 0. The molecule has 0 saturated carbocycles. The van der Waals surface area contributed by atoms with E-state index < -0.39 is 87.2 Å². The van der Waals surface area contributed by atoms with Crippen molar-refractivity contribution in [1.29, 1.82) is 0 Å². The summed E-state index contributed by atoms with van der Waals surface area (Å²) in [5.74, 6) is -9.78. The number of carbonyl (C=O) groups is 3. The Bertz CT molecular complexity index is 1080. The summed E-state index contributed by atoms with van der Waals surface area (Å²) in [6, 6.07) is 2.00. The van der Waals surface area contributed by atoms with Crippen molar-refractivity contribution in [3.63, 3.8) is 0 Å². The summed E-state index contributed by atoms with van der Waals surface area (Å²) in [6.45, 7) is 0. The van der Waals surface area contributed by atoms with Crippen molar-refractivity contribution in [1.82, 2.24) is 0 Å². The fourth-order valence-electron chi connectivity index (χ4n) is 3.05. The number of Topliss-reactive ketones (excluding diaryl/α,β-unsaturated/α-hetero) is 2. The molecule has 0 aliphatic heterocycles. The van der Waals surface area contributed by atoms with Crippen molar-refractivity contribution in [3.8, 4) is 34.5 Å². The van der Waals surface area contributed by atoms with Crippen molar-refractivity contribution >= 4 is 17.9 Å². The third-order valence-electron chi connectivity index (χ3n) is 4.98. The molecule has 0 aromatic heterocycles. The van der Waals surface area contributed by atoms with E-state index >= 15 is 0 Å². The fraction of sp³-hybridized carbons (Fsp3) is 0.250. The molecule has 14 heteroatoms. The van der Waals surface area contributed by atoms with Gasteiger partial charge in [0, 0.05) is 11.1 Å². The molecule has 5 atom stereocenters.